The molecule has 0 aliphatic heterocycles. The predicted molar refractivity (Wildman–Crippen MR) is 87.7 cm³/mol. The smallest absolute Gasteiger partial charge is 0.242 e. The van der Waals surface area contributed by atoms with Crippen molar-refractivity contribution in [2.45, 2.75) is 45.1 Å². The molecule has 0 saturated carbocycles. The van der Waals surface area contributed by atoms with Gasteiger partial charge in [0.05, 0.1) is 4.90 Å². The van der Waals surface area contributed by atoms with Crippen molar-refractivity contribution in [2.24, 2.45) is 5.92 Å². The van der Waals surface area contributed by atoms with E-state index in [9.17, 15) is 8.42 Å². The zero-order chi connectivity index (χ0) is 15.9. The SMILES string of the molecule is CCCNCc1cccc(S(=O)(=O)N(C)CCC(C)C)c1. The Morgan fingerprint density at radius 1 is 1.29 bits per heavy atom. The van der Waals surface area contributed by atoms with Gasteiger partial charge in [-0.3, -0.25) is 0 Å². The van der Waals surface area contributed by atoms with E-state index in [2.05, 4.69) is 26.1 Å². The van der Waals surface area contributed by atoms with E-state index in [-0.39, 0.29) is 0 Å². The molecule has 0 unspecified atom stereocenters. The molecular formula is C16H28N2O2S. The Morgan fingerprint density at radius 2 is 2.00 bits per heavy atom. The van der Waals surface area contributed by atoms with Crippen LogP contribution in [0.2, 0.25) is 0 Å². The summed E-state index contributed by atoms with van der Waals surface area (Å²) in [6, 6.07) is 7.20. The fourth-order valence-electron chi connectivity index (χ4n) is 1.97. The van der Waals surface area contributed by atoms with Crippen molar-refractivity contribution in [3.8, 4) is 0 Å². The van der Waals surface area contributed by atoms with Gasteiger partial charge < -0.3 is 5.32 Å². The lowest BCUT2D eigenvalue weighted by Gasteiger charge is -2.18. The minimum Gasteiger partial charge on any atom is -0.313 e. The highest BCUT2D eigenvalue weighted by molar-refractivity contribution is 7.89. The van der Waals surface area contributed by atoms with Crippen LogP contribution < -0.4 is 5.32 Å². The molecule has 0 spiro atoms. The average molecular weight is 312 g/mol. The first-order valence-corrected chi connectivity index (χ1v) is 9.08. The second kappa shape index (κ2) is 8.51. The van der Waals surface area contributed by atoms with Crippen molar-refractivity contribution in [3.05, 3.63) is 29.8 Å². The minimum absolute atomic E-state index is 0.379. The summed E-state index contributed by atoms with van der Waals surface area (Å²) in [7, 11) is -1.73. The molecule has 4 nitrogen and oxygen atoms in total. The number of hydrogen-bond donors (Lipinski definition) is 1. The van der Waals surface area contributed by atoms with Gasteiger partial charge in [-0.15, -0.1) is 0 Å². The molecule has 0 radical (unpaired) electrons. The molecule has 0 aliphatic carbocycles. The molecule has 0 bridgehead atoms. The highest BCUT2D eigenvalue weighted by atomic mass is 32.2. The normalized spacial score (nSPS) is 12.3. The van der Waals surface area contributed by atoms with Crippen LogP contribution in [0.25, 0.3) is 0 Å². The van der Waals surface area contributed by atoms with Gasteiger partial charge in [-0.2, -0.15) is 0 Å². The molecule has 0 fully saturated rings. The van der Waals surface area contributed by atoms with Gasteiger partial charge in [-0.1, -0.05) is 32.9 Å². The molecule has 1 N–H and O–H groups in total. The topological polar surface area (TPSA) is 49.4 Å². The summed E-state index contributed by atoms with van der Waals surface area (Å²) in [5.74, 6) is 0.493. The van der Waals surface area contributed by atoms with Crippen LogP contribution in [0.5, 0.6) is 0 Å². The molecule has 0 heterocycles. The lowest BCUT2D eigenvalue weighted by molar-refractivity contribution is 0.428. The molecule has 1 aromatic carbocycles. The van der Waals surface area contributed by atoms with E-state index >= 15 is 0 Å². The first kappa shape index (κ1) is 18.1. The quantitative estimate of drug-likeness (QED) is 0.713. The van der Waals surface area contributed by atoms with Gasteiger partial charge in [-0.25, -0.2) is 12.7 Å². The molecule has 0 saturated heterocycles. The maximum absolute atomic E-state index is 12.5. The first-order chi connectivity index (χ1) is 9.87. The van der Waals surface area contributed by atoms with E-state index < -0.39 is 10.0 Å². The number of nitrogens with one attached hydrogen (secondary N) is 1. The highest BCUT2D eigenvalue weighted by Gasteiger charge is 2.20. The number of sulfonamides is 1. The molecule has 120 valence electrons. The van der Waals surface area contributed by atoms with Crippen molar-refractivity contribution in [3.63, 3.8) is 0 Å². The minimum atomic E-state index is -3.38. The molecule has 5 heteroatoms. The Balaban J connectivity index is 2.80. The second-order valence-corrected chi connectivity index (χ2v) is 7.88. The lowest BCUT2D eigenvalue weighted by atomic mass is 10.1. The van der Waals surface area contributed by atoms with E-state index in [1.165, 1.54) is 4.31 Å². The van der Waals surface area contributed by atoms with Crippen molar-refractivity contribution in [2.75, 3.05) is 20.1 Å². The largest absolute Gasteiger partial charge is 0.313 e. The third-order valence-corrected chi connectivity index (χ3v) is 5.24. The van der Waals surface area contributed by atoms with Gasteiger partial charge in [-0.05, 0) is 43.0 Å². The summed E-state index contributed by atoms with van der Waals surface area (Å²) in [5, 5.41) is 3.29. The van der Waals surface area contributed by atoms with Gasteiger partial charge in [0.25, 0.3) is 0 Å². The van der Waals surface area contributed by atoms with Crippen molar-refractivity contribution >= 4 is 10.0 Å². The zero-order valence-electron chi connectivity index (χ0n) is 13.6. The summed E-state index contributed by atoms with van der Waals surface area (Å²) >= 11 is 0. The molecular weight excluding hydrogens is 284 g/mol. The maximum atomic E-state index is 12.5. The van der Waals surface area contributed by atoms with E-state index in [0.717, 1.165) is 24.9 Å². The molecule has 0 aliphatic rings. The molecule has 0 amide bonds. The molecule has 0 aromatic heterocycles. The van der Waals surface area contributed by atoms with E-state index in [4.69, 9.17) is 0 Å². The van der Waals surface area contributed by atoms with Gasteiger partial charge >= 0.3 is 0 Å². The van der Waals surface area contributed by atoms with E-state index in [1.54, 1.807) is 19.2 Å². The molecule has 1 rings (SSSR count). The van der Waals surface area contributed by atoms with Crippen LogP contribution in [0, 0.1) is 5.92 Å². The first-order valence-electron chi connectivity index (χ1n) is 7.64. The van der Waals surface area contributed by atoms with Crippen LogP contribution >= 0.6 is 0 Å². The fourth-order valence-corrected chi connectivity index (χ4v) is 3.22. The summed E-state index contributed by atoms with van der Waals surface area (Å²) in [6.45, 7) is 8.50. The summed E-state index contributed by atoms with van der Waals surface area (Å²) < 4.78 is 26.5. The Kier molecular flexibility index (Phi) is 7.35. The summed E-state index contributed by atoms with van der Waals surface area (Å²) in [6.07, 6.45) is 1.93. The molecule has 1 aromatic rings. The van der Waals surface area contributed by atoms with Crippen LogP contribution in [0.15, 0.2) is 29.2 Å². The van der Waals surface area contributed by atoms with Crippen LogP contribution in [-0.2, 0) is 16.6 Å². The summed E-state index contributed by atoms with van der Waals surface area (Å²) in [4.78, 5) is 0.379. The van der Waals surface area contributed by atoms with Gasteiger partial charge in [0.15, 0.2) is 0 Å². The number of rotatable bonds is 9. The summed E-state index contributed by atoms with van der Waals surface area (Å²) in [5.41, 5.74) is 1.00. The van der Waals surface area contributed by atoms with Gasteiger partial charge in [0.2, 0.25) is 10.0 Å². The Morgan fingerprint density at radius 3 is 2.62 bits per heavy atom. The number of hydrogen-bond acceptors (Lipinski definition) is 3. The molecule has 21 heavy (non-hydrogen) atoms. The van der Waals surface area contributed by atoms with Crippen LogP contribution in [0.4, 0.5) is 0 Å². The van der Waals surface area contributed by atoms with Crippen molar-refractivity contribution < 1.29 is 8.42 Å². The van der Waals surface area contributed by atoms with E-state index in [1.807, 2.05) is 12.1 Å². The van der Waals surface area contributed by atoms with Crippen LogP contribution in [0.1, 0.15) is 39.2 Å². The predicted octanol–water partition coefficient (Wildman–Crippen LogP) is 2.85. The van der Waals surface area contributed by atoms with Crippen LogP contribution in [-0.4, -0.2) is 32.9 Å². The highest BCUT2D eigenvalue weighted by Crippen LogP contribution is 2.17. The van der Waals surface area contributed by atoms with Crippen molar-refractivity contribution in [1.82, 2.24) is 9.62 Å². The Bertz CT molecular complexity index is 527. The van der Waals surface area contributed by atoms with Gasteiger partial charge in [0, 0.05) is 20.1 Å². The number of nitrogens with zero attached hydrogens (tertiary/aromatic N) is 1. The monoisotopic (exact) mass is 312 g/mol. The third-order valence-electron chi connectivity index (χ3n) is 3.38. The standard InChI is InChI=1S/C16H28N2O2S/c1-5-10-17-13-15-7-6-8-16(12-15)21(19,20)18(4)11-9-14(2)3/h6-8,12,14,17H,5,9-11,13H2,1-4H3. The number of benzene rings is 1. The lowest BCUT2D eigenvalue weighted by Crippen LogP contribution is -2.28. The molecule has 0 atom stereocenters. The Labute approximate surface area is 129 Å². The second-order valence-electron chi connectivity index (χ2n) is 5.83. The average Bonchev–Trinajstić information content (AvgIpc) is 2.45. The maximum Gasteiger partial charge on any atom is 0.242 e. The van der Waals surface area contributed by atoms with Crippen LogP contribution in [0.3, 0.4) is 0 Å². The third kappa shape index (κ3) is 5.77. The zero-order valence-corrected chi connectivity index (χ0v) is 14.4. The van der Waals surface area contributed by atoms with Gasteiger partial charge in [0.1, 0.15) is 0 Å². The van der Waals surface area contributed by atoms with Crippen molar-refractivity contribution in [1.29, 1.82) is 0 Å². The Hall–Kier alpha value is -0.910. The fraction of sp³-hybridized carbons (Fsp3) is 0.625. The van der Waals surface area contributed by atoms with E-state index in [0.29, 0.717) is 23.9 Å².